The van der Waals surface area contributed by atoms with Crippen LogP contribution in [0.5, 0.6) is 0 Å². The summed E-state index contributed by atoms with van der Waals surface area (Å²) in [4.78, 5) is 26.7. The fraction of sp³-hybridized carbons (Fsp3) is 0.882. The predicted octanol–water partition coefficient (Wildman–Crippen LogP) is 3.27. The number of amides is 1. The molecular weight excluding hydrogens is 250 g/mol. The van der Waals surface area contributed by atoms with Gasteiger partial charge < -0.3 is 4.90 Å². The van der Waals surface area contributed by atoms with Gasteiger partial charge in [0.1, 0.15) is 0 Å². The molecule has 2 rings (SSSR count). The van der Waals surface area contributed by atoms with Crippen molar-refractivity contribution in [2.75, 3.05) is 6.54 Å². The molecule has 1 saturated carbocycles. The van der Waals surface area contributed by atoms with Gasteiger partial charge in [-0.15, -0.1) is 0 Å². The minimum atomic E-state index is -0.141. The van der Waals surface area contributed by atoms with Gasteiger partial charge in [-0.1, -0.05) is 34.1 Å². The predicted molar refractivity (Wildman–Crippen MR) is 80.2 cm³/mol. The van der Waals surface area contributed by atoms with Gasteiger partial charge in [0.05, 0.1) is 6.04 Å². The topological polar surface area (TPSA) is 37.4 Å². The second-order valence-electron chi connectivity index (χ2n) is 8.07. The van der Waals surface area contributed by atoms with Crippen molar-refractivity contribution in [1.82, 2.24) is 4.90 Å². The molecule has 0 bridgehead atoms. The molecule has 0 N–H and O–H groups in total. The van der Waals surface area contributed by atoms with Crippen LogP contribution >= 0.6 is 0 Å². The molecule has 1 aliphatic carbocycles. The van der Waals surface area contributed by atoms with Crippen molar-refractivity contribution in [3.63, 3.8) is 0 Å². The van der Waals surface area contributed by atoms with E-state index in [9.17, 15) is 9.59 Å². The fourth-order valence-electron chi connectivity index (χ4n) is 4.34. The highest BCUT2D eigenvalue weighted by molar-refractivity contribution is 5.89. The minimum absolute atomic E-state index is 0.00989. The van der Waals surface area contributed by atoms with Crippen LogP contribution in [0.4, 0.5) is 0 Å². The SMILES string of the molecule is CC(=O)[C@@H]1[C@H]2CCCC2CN1C(=O)[C@@H](C)CC(C)(C)C. The van der Waals surface area contributed by atoms with Crippen molar-refractivity contribution >= 4 is 11.7 Å². The number of nitrogens with zero attached hydrogens (tertiary/aromatic N) is 1. The standard InChI is InChI=1S/C17H29NO2/c1-11(9-17(3,4)5)16(20)18-10-13-7-6-8-14(13)15(18)12(2)19/h11,13-15H,6-10H2,1-5H3/t11-,13?,14-,15+/m0/s1. The summed E-state index contributed by atoms with van der Waals surface area (Å²) in [5.74, 6) is 1.37. The lowest BCUT2D eigenvalue weighted by molar-refractivity contribution is -0.141. The molecule has 3 nitrogen and oxygen atoms in total. The van der Waals surface area contributed by atoms with E-state index >= 15 is 0 Å². The Morgan fingerprint density at radius 2 is 1.90 bits per heavy atom. The van der Waals surface area contributed by atoms with Gasteiger partial charge in [-0.3, -0.25) is 9.59 Å². The Hall–Kier alpha value is -0.860. The van der Waals surface area contributed by atoms with Gasteiger partial charge in [0.15, 0.2) is 5.78 Å². The molecule has 2 fully saturated rings. The van der Waals surface area contributed by atoms with Gasteiger partial charge in [0.25, 0.3) is 0 Å². The number of likely N-dealkylation sites (tertiary alicyclic amines) is 1. The average molecular weight is 279 g/mol. The normalized spacial score (nSPS) is 31.2. The molecule has 0 radical (unpaired) electrons. The van der Waals surface area contributed by atoms with Crippen molar-refractivity contribution in [2.45, 2.75) is 66.3 Å². The van der Waals surface area contributed by atoms with Crippen molar-refractivity contribution in [1.29, 1.82) is 0 Å². The molecular formula is C17H29NO2. The number of carbonyl (C=O) groups is 2. The lowest BCUT2D eigenvalue weighted by Crippen LogP contribution is -2.45. The summed E-state index contributed by atoms with van der Waals surface area (Å²) >= 11 is 0. The van der Waals surface area contributed by atoms with E-state index in [0.717, 1.165) is 19.4 Å². The number of ketones is 1. The Morgan fingerprint density at radius 3 is 2.45 bits per heavy atom. The van der Waals surface area contributed by atoms with Crippen LogP contribution in [0.1, 0.15) is 60.3 Å². The second kappa shape index (κ2) is 5.50. The molecule has 114 valence electrons. The maximum Gasteiger partial charge on any atom is 0.226 e. The third-order valence-corrected chi connectivity index (χ3v) is 4.93. The second-order valence-corrected chi connectivity index (χ2v) is 8.07. The minimum Gasteiger partial charge on any atom is -0.332 e. The quantitative estimate of drug-likeness (QED) is 0.795. The van der Waals surface area contributed by atoms with E-state index in [4.69, 9.17) is 0 Å². The van der Waals surface area contributed by atoms with E-state index < -0.39 is 0 Å². The van der Waals surface area contributed by atoms with Crippen LogP contribution in [0.2, 0.25) is 0 Å². The van der Waals surface area contributed by atoms with E-state index in [-0.39, 0.29) is 29.1 Å². The number of carbonyl (C=O) groups excluding carboxylic acids is 2. The zero-order valence-corrected chi connectivity index (χ0v) is 13.6. The zero-order valence-electron chi connectivity index (χ0n) is 13.6. The summed E-state index contributed by atoms with van der Waals surface area (Å²) in [6, 6.07) is -0.141. The molecule has 20 heavy (non-hydrogen) atoms. The van der Waals surface area contributed by atoms with Crippen LogP contribution < -0.4 is 0 Å². The van der Waals surface area contributed by atoms with Gasteiger partial charge in [-0.25, -0.2) is 0 Å². The Labute approximate surface area is 123 Å². The molecule has 0 aromatic carbocycles. The zero-order chi connectivity index (χ0) is 15.1. The van der Waals surface area contributed by atoms with Crippen LogP contribution in [0.25, 0.3) is 0 Å². The number of fused-ring (bicyclic) bond motifs is 1. The van der Waals surface area contributed by atoms with Gasteiger partial charge in [-0.05, 0) is 43.4 Å². The Bertz CT molecular complexity index is 396. The molecule has 1 heterocycles. The smallest absolute Gasteiger partial charge is 0.226 e. The van der Waals surface area contributed by atoms with E-state index in [1.165, 1.54) is 12.8 Å². The first-order chi connectivity index (χ1) is 9.20. The van der Waals surface area contributed by atoms with Crippen molar-refractivity contribution in [3.8, 4) is 0 Å². The van der Waals surface area contributed by atoms with E-state index in [2.05, 4.69) is 20.8 Å². The van der Waals surface area contributed by atoms with Crippen LogP contribution in [0, 0.1) is 23.2 Å². The van der Waals surface area contributed by atoms with Crippen LogP contribution in [-0.4, -0.2) is 29.2 Å². The molecule has 1 unspecified atom stereocenters. The Balaban J connectivity index is 2.11. The molecule has 1 aliphatic heterocycles. The Morgan fingerprint density at radius 1 is 1.25 bits per heavy atom. The van der Waals surface area contributed by atoms with E-state index in [1.807, 2.05) is 11.8 Å². The molecule has 1 amide bonds. The van der Waals surface area contributed by atoms with E-state index in [0.29, 0.717) is 11.8 Å². The third kappa shape index (κ3) is 3.07. The van der Waals surface area contributed by atoms with Crippen LogP contribution in [0.3, 0.4) is 0 Å². The monoisotopic (exact) mass is 279 g/mol. The maximum absolute atomic E-state index is 12.7. The molecule has 0 aromatic heterocycles. The summed E-state index contributed by atoms with van der Waals surface area (Å²) in [7, 11) is 0. The highest BCUT2D eigenvalue weighted by Crippen LogP contribution is 2.43. The van der Waals surface area contributed by atoms with Gasteiger partial charge in [-0.2, -0.15) is 0 Å². The first-order valence-corrected chi connectivity index (χ1v) is 8.01. The van der Waals surface area contributed by atoms with Crippen LogP contribution in [-0.2, 0) is 9.59 Å². The van der Waals surface area contributed by atoms with Gasteiger partial charge in [0.2, 0.25) is 5.91 Å². The summed E-state index contributed by atoms with van der Waals surface area (Å²) in [6.07, 6.45) is 4.40. The molecule has 0 spiro atoms. The lowest BCUT2D eigenvalue weighted by Gasteiger charge is -2.30. The molecule has 2 aliphatic rings. The summed E-state index contributed by atoms with van der Waals surface area (Å²) in [5, 5.41) is 0. The van der Waals surface area contributed by atoms with Crippen molar-refractivity contribution in [2.24, 2.45) is 23.2 Å². The van der Waals surface area contributed by atoms with Crippen molar-refractivity contribution < 1.29 is 9.59 Å². The third-order valence-electron chi connectivity index (χ3n) is 4.93. The first kappa shape index (κ1) is 15.5. The molecule has 3 heteroatoms. The highest BCUT2D eigenvalue weighted by atomic mass is 16.2. The number of Topliss-reactive ketones (excluding diaryl/α,β-unsaturated/α-hetero) is 1. The number of hydrogen-bond acceptors (Lipinski definition) is 2. The lowest BCUT2D eigenvalue weighted by atomic mass is 9.84. The average Bonchev–Trinajstić information content (AvgIpc) is 2.83. The first-order valence-electron chi connectivity index (χ1n) is 8.01. The van der Waals surface area contributed by atoms with Gasteiger partial charge in [0, 0.05) is 12.5 Å². The van der Waals surface area contributed by atoms with Crippen LogP contribution in [0.15, 0.2) is 0 Å². The largest absolute Gasteiger partial charge is 0.332 e. The molecule has 4 atom stereocenters. The summed E-state index contributed by atoms with van der Waals surface area (Å²) in [6.45, 7) is 11.0. The Kier molecular flexibility index (Phi) is 4.27. The maximum atomic E-state index is 12.7. The van der Waals surface area contributed by atoms with Gasteiger partial charge >= 0.3 is 0 Å². The van der Waals surface area contributed by atoms with E-state index in [1.54, 1.807) is 6.92 Å². The highest BCUT2D eigenvalue weighted by Gasteiger charge is 2.48. The van der Waals surface area contributed by atoms with Crippen molar-refractivity contribution in [3.05, 3.63) is 0 Å². The molecule has 1 saturated heterocycles. The fourth-order valence-corrected chi connectivity index (χ4v) is 4.34. The number of rotatable bonds is 3. The number of hydrogen-bond donors (Lipinski definition) is 0. The summed E-state index contributed by atoms with van der Waals surface area (Å²) in [5.41, 5.74) is 0.149. The summed E-state index contributed by atoms with van der Waals surface area (Å²) < 4.78 is 0. The molecule has 0 aromatic rings.